The SMILES string of the molecule is CC(C)(C)OC(=O)NCCn1nc(-c2ccccc2)cc1C=O. The number of hydrogen-bond acceptors (Lipinski definition) is 4. The van der Waals surface area contributed by atoms with Crippen LogP contribution >= 0.6 is 0 Å². The van der Waals surface area contributed by atoms with Crippen LogP contribution in [0.3, 0.4) is 0 Å². The fraction of sp³-hybridized carbons (Fsp3) is 0.353. The van der Waals surface area contributed by atoms with E-state index in [1.165, 1.54) is 0 Å². The highest BCUT2D eigenvalue weighted by molar-refractivity contribution is 5.75. The molecule has 0 aliphatic heterocycles. The number of benzene rings is 1. The topological polar surface area (TPSA) is 73.2 Å². The van der Waals surface area contributed by atoms with E-state index in [4.69, 9.17) is 4.74 Å². The summed E-state index contributed by atoms with van der Waals surface area (Å²) in [6, 6.07) is 11.3. The number of carbonyl (C=O) groups is 2. The van der Waals surface area contributed by atoms with Crippen molar-refractivity contribution in [2.24, 2.45) is 0 Å². The maximum atomic E-state index is 11.6. The van der Waals surface area contributed by atoms with Gasteiger partial charge in [-0.1, -0.05) is 30.3 Å². The number of nitrogens with zero attached hydrogens (tertiary/aromatic N) is 2. The Kier molecular flexibility index (Phi) is 5.16. The van der Waals surface area contributed by atoms with Crippen molar-refractivity contribution < 1.29 is 14.3 Å². The number of hydrogen-bond donors (Lipinski definition) is 1. The summed E-state index contributed by atoms with van der Waals surface area (Å²) in [5.41, 5.74) is 1.60. The Balaban J connectivity index is 1.99. The van der Waals surface area contributed by atoms with Crippen LogP contribution in [0.15, 0.2) is 36.4 Å². The molecule has 2 aromatic rings. The molecule has 0 fully saturated rings. The van der Waals surface area contributed by atoms with Gasteiger partial charge in [-0.2, -0.15) is 5.10 Å². The van der Waals surface area contributed by atoms with Crippen molar-refractivity contribution >= 4 is 12.4 Å². The first-order valence-electron chi connectivity index (χ1n) is 7.44. The molecule has 1 aromatic carbocycles. The maximum Gasteiger partial charge on any atom is 0.407 e. The third-order valence-corrected chi connectivity index (χ3v) is 2.99. The van der Waals surface area contributed by atoms with E-state index in [9.17, 15) is 9.59 Å². The molecule has 1 N–H and O–H groups in total. The van der Waals surface area contributed by atoms with Gasteiger partial charge >= 0.3 is 6.09 Å². The molecule has 0 spiro atoms. The molecular formula is C17H21N3O3. The average Bonchev–Trinajstić information content (AvgIpc) is 2.89. The van der Waals surface area contributed by atoms with Crippen LogP contribution in [0.5, 0.6) is 0 Å². The fourth-order valence-electron chi connectivity index (χ4n) is 2.03. The van der Waals surface area contributed by atoms with E-state index in [2.05, 4.69) is 10.4 Å². The summed E-state index contributed by atoms with van der Waals surface area (Å²) in [4.78, 5) is 22.8. The minimum atomic E-state index is -0.537. The second kappa shape index (κ2) is 7.09. The molecule has 0 saturated heterocycles. The van der Waals surface area contributed by atoms with Crippen LogP contribution in [0.25, 0.3) is 11.3 Å². The van der Waals surface area contributed by atoms with Gasteiger partial charge in [0.05, 0.1) is 12.2 Å². The minimum absolute atomic E-state index is 0.325. The number of nitrogens with one attached hydrogen (secondary N) is 1. The molecule has 6 heteroatoms. The predicted octanol–water partition coefficient (Wildman–Crippen LogP) is 2.89. The molecular weight excluding hydrogens is 294 g/mol. The highest BCUT2D eigenvalue weighted by atomic mass is 16.6. The molecule has 0 aliphatic carbocycles. The number of amides is 1. The summed E-state index contributed by atoms with van der Waals surface area (Å²) >= 11 is 0. The molecule has 0 unspecified atom stereocenters. The monoisotopic (exact) mass is 315 g/mol. The van der Waals surface area contributed by atoms with Crippen molar-refractivity contribution in [3.63, 3.8) is 0 Å². The van der Waals surface area contributed by atoms with Gasteiger partial charge in [-0.05, 0) is 26.8 Å². The molecule has 1 amide bonds. The van der Waals surface area contributed by atoms with Gasteiger partial charge in [0.1, 0.15) is 11.3 Å². The van der Waals surface area contributed by atoms with Crippen molar-refractivity contribution in [1.82, 2.24) is 15.1 Å². The first kappa shape index (κ1) is 16.7. The van der Waals surface area contributed by atoms with Crippen LogP contribution < -0.4 is 5.32 Å². The molecule has 1 aromatic heterocycles. The second-order valence-electron chi connectivity index (χ2n) is 6.09. The maximum absolute atomic E-state index is 11.6. The first-order valence-corrected chi connectivity index (χ1v) is 7.44. The Morgan fingerprint density at radius 3 is 2.61 bits per heavy atom. The Bertz CT molecular complexity index is 672. The number of rotatable bonds is 5. The fourth-order valence-corrected chi connectivity index (χ4v) is 2.03. The Labute approximate surface area is 135 Å². The van der Waals surface area contributed by atoms with E-state index in [1.807, 2.05) is 30.3 Å². The summed E-state index contributed by atoms with van der Waals surface area (Å²) < 4.78 is 6.73. The van der Waals surface area contributed by atoms with Crippen LogP contribution in [0, 0.1) is 0 Å². The molecule has 0 atom stereocenters. The van der Waals surface area contributed by atoms with Gasteiger partial charge in [-0.3, -0.25) is 9.48 Å². The van der Waals surface area contributed by atoms with Gasteiger partial charge in [0.2, 0.25) is 0 Å². The molecule has 0 bridgehead atoms. The van der Waals surface area contributed by atoms with E-state index >= 15 is 0 Å². The van der Waals surface area contributed by atoms with Crippen molar-refractivity contribution in [3.05, 3.63) is 42.1 Å². The minimum Gasteiger partial charge on any atom is -0.444 e. The van der Waals surface area contributed by atoms with Gasteiger partial charge < -0.3 is 10.1 Å². The van der Waals surface area contributed by atoms with E-state index in [-0.39, 0.29) is 0 Å². The van der Waals surface area contributed by atoms with Gasteiger partial charge in [0, 0.05) is 12.1 Å². The summed E-state index contributed by atoms with van der Waals surface area (Å²) in [5.74, 6) is 0. The van der Waals surface area contributed by atoms with Crippen LogP contribution in [0.4, 0.5) is 4.79 Å². The molecule has 122 valence electrons. The standard InChI is InChI=1S/C17H21N3O3/c1-17(2,3)23-16(22)18-9-10-20-14(12-21)11-15(19-20)13-7-5-4-6-8-13/h4-8,11-12H,9-10H2,1-3H3,(H,18,22). The van der Waals surface area contributed by atoms with E-state index in [0.29, 0.717) is 18.8 Å². The number of ether oxygens (including phenoxy) is 1. The zero-order valence-electron chi connectivity index (χ0n) is 13.6. The molecule has 0 aliphatic rings. The van der Waals surface area contributed by atoms with Crippen LogP contribution in [-0.2, 0) is 11.3 Å². The summed E-state index contributed by atoms with van der Waals surface area (Å²) in [5, 5.41) is 7.07. The molecule has 1 heterocycles. The molecule has 0 radical (unpaired) electrons. The van der Waals surface area contributed by atoms with Gasteiger partial charge in [-0.25, -0.2) is 4.79 Å². The number of aromatic nitrogens is 2. The number of aldehydes is 1. The summed E-state index contributed by atoms with van der Waals surface area (Å²) in [7, 11) is 0. The van der Waals surface area contributed by atoms with Crippen molar-refractivity contribution in [2.75, 3.05) is 6.54 Å². The lowest BCUT2D eigenvalue weighted by molar-refractivity contribution is 0.0525. The highest BCUT2D eigenvalue weighted by Gasteiger charge is 2.16. The highest BCUT2D eigenvalue weighted by Crippen LogP contribution is 2.17. The molecule has 6 nitrogen and oxygen atoms in total. The van der Waals surface area contributed by atoms with Gasteiger partial charge in [0.15, 0.2) is 6.29 Å². The Morgan fingerprint density at radius 2 is 2.00 bits per heavy atom. The van der Waals surface area contributed by atoms with Crippen molar-refractivity contribution in [1.29, 1.82) is 0 Å². The molecule has 0 saturated carbocycles. The Hall–Kier alpha value is -2.63. The van der Waals surface area contributed by atoms with Crippen LogP contribution in [0.2, 0.25) is 0 Å². The number of carbonyl (C=O) groups excluding carboxylic acids is 2. The predicted molar refractivity (Wildman–Crippen MR) is 87.3 cm³/mol. The summed E-state index contributed by atoms with van der Waals surface area (Å²) in [6.45, 7) is 6.12. The van der Waals surface area contributed by atoms with E-state index in [1.54, 1.807) is 31.5 Å². The largest absolute Gasteiger partial charge is 0.444 e. The number of alkyl carbamates (subject to hydrolysis) is 1. The quantitative estimate of drug-likeness (QED) is 0.861. The smallest absolute Gasteiger partial charge is 0.407 e. The van der Waals surface area contributed by atoms with Crippen LogP contribution in [-0.4, -0.2) is 34.3 Å². The lowest BCUT2D eigenvalue weighted by atomic mass is 10.1. The van der Waals surface area contributed by atoms with E-state index in [0.717, 1.165) is 17.5 Å². The summed E-state index contributed by atoms with van der Waals surface area (Å²) in [6.07, 6.45) is 0.271. The first-order chi connectivity index (χ1) is 10.9. The van der Waals surface area contributed by atoms with Crippen LogP contribution in [0.1, 0.15) is 31.3 Å². The lowest BCUT2D eigenvalue weighted by Gasteiger charge is -2.19. The third-order valence-electron chi connectivity index (χ3n) is 2.99. The van der Waals surface area contributed by atoms with Crippen molar-refractivity contribution in [3.8, 4) is 11.3 Å². The lowest BCUT2D eigenvalue weighted by Crippen LogP contribution is -2.34. The normalized spacial score (nSPS) is 11.1. The second-order valence-corrected chi connectivity index (χ2v) is 6.09. The molecule has 23 heavy (non-hydrogen) atoms. The molecule has 2 rings (SSSR count). The van der Waals surface area contributed by atoms with Gasteiger partial charge in [0.25, 0.3) is 0 Å². The van der Waals surface area contributed by atoms with Gasteiger partial charge in [-0.15, -0.1) is 0 Å². The Morgan fingerprint density at radius 1 is 1.30 bits per heavy atom. The zero-order chi connectivity index (χ0) is 16.9. The average molecular weight is 315 g/mol. The zero-order valence-corrected chi connectivity index (χ0v) is 13.6. The van der Waals surface area contributed by atoms with Crippen molar-refractivity contribution in [2.45, 2.75) is 32.9 Å². The van der Waals surface area contributed by atoms with E-state index < -0.39 is 11.7 Å². The third kappa shape index (κ3) is 4.95.